The van der Waals surface area contributed by atoms with Gasteiger partial charge in [-0.2, -0.15) is 0 Å². The van der Waals surface area contributed by atoms with Gasteiger partial charge in [0.25, 0.3) is 0 Å². The van der Waals surface area contributed by atoms with Crippen LogP contribution in [0.15, 0.2) is 0 Å². The first-order valence-electron chi connectivity index (χ1n) is 4.26. The summed E-state index contributed by atoms with van der Waals surface area (Å²) in [4.78, 5) is 10.2. The number of rotatable bonds is 4. The highest BCUT2D eigenvalue weighted by molar-refractivity contribution is 5.66. The van der Waals surface area contributed by atoms with Crippen molar-refractivity contribution in [3.8, 4) is 0 Å². The third kappa shape index (κ3) is 2.91. The third-order valence-electron chi connectivity index (χ3n) is 2.42. The summed E-state index contributed by atoms with van der Waals surface area (Å²) in [5.74, 6) is -3.69. The first-order chi connectivity index (χ1) is 5.91. The van der Waals surface area contributed by atoms with Crippen LogP contribution in [-0.4, -0.2) is 23.0 Å². The minimum Gasteiger partial charge on any atom is -0.481 e. The normalized spacial score (nSPS) is 23.6. The molecule has 76 valence electrons. The van der Waals surface area contributed by atoms with Gasteiger partial charge in [0.2, 0.25) is 5.92 Å². The highest BCUT2D eigenvalue weighted by atomic mass is 19.3. The van der Waals surface area contributed by atoms with Gasteiger partial charge in [0, 0.05) is 25.3 Å². The van der Waals surface area contributed by atoms with Gasteiger partial charge in [-0.05, 0) is 12.3 Å². The number of hydrogen-bond donors (Lipinski definition) is 2. The SMILES string of the molecule is NC(CCC(=O)O)C1CC(F)(F)C1. The fourth-order valence-corrected chi connectivity index (χ4v) is 1.54. The molecule has 1 unspecified atom stereocenters. The minimum atomic E-state index is -2.56. The standard InChI is InChI=1S/C8H13F2NO2/c9-8(10)3-5(4-8)6(11)1-2-7(12)13/h5-6H,1-4,11H2,(H,12,13). The Kier molecular flexibility index (Phi) is 2.85. The van der Waals surface area contributed by atoms with Crippen LogP contribution in [0.2, 0.25) is 0 Å². The second-order valence-electron chi connectivity index (χ2n) is 3.62. The van der Waals surface area contributed by atoms with Crippen molar-refractivity contribution in [3.63, 3.8) is 0 Å². The van der Waals surface area contributed by atoms with Crippen LogP contribution in [0.4, 0.5) is 8.78 Å². The molecule has 0 aromatic heterocycles. The quantitative estimate of drug-likeness (QED) is 0.705. The molecule has 0 bridgehead atoms. The van der Waals surface area contributed by atoms with E-state index in [2.05, 4.69) is 0 Å². The van der Waals surface area contributed by atoms with Crippen LogP contribution >= 0.6 is 0 Å². The van der Waals surface area contributed by atoms with Crippen molar-refractivity contribution in [1.29, 1.82) is 0 Å². The maximum absolute atomic E-state index is 12.4. The highest BCUT2D eigenvalue weighted by Gasteiger charge is 2.47. The lowest BCUT2D eigenvalue weighted by Gasteiger charge is -2.38. The van der Waals surface area contributed by atoms with E-state index in [0.717, 1.165) is 0 Å². The summed E-state index contributed by atoms with van der Waals surface area (Å²) in [7, 11) is 0. The summed E-state index contributed by atoms with van der Waals surface area (Å²) < 4.78 is 24.8. The van der Waals surface area contributed by atoms with E-state index in [-0.39, 0.29) is 31.6 Å². The maximum Gasteiger partial charge on any atom is 0.303 e. The van der Waals surface area contributed by atoms with Crippen LogP contribution in [0.5, 0.6) is 0 Å². The van der Waals surface area contributed by atoms with Crippen molar-refractivity contribution in [2.75, 3.05) is 0 Å². The second-order valence-corrected chi connectivity index (χ2v) is 3.62. The molecule has 3 nitrogen and oxygen atoms in total. The molecule has 0 heterocycles. The summed E-state index contributed by atoms with van der Waals surface area (Å²) in [5, 5.41) is 8.33. The van der Waals surface area contributed by atoms with Gasteiger partial charge in [-0.25, -0.2) is 8.78 Å². The molecule has 1 aliphatic rings. The second kappa shape index (κ2) is 3.57. The van der Waals surface area contributed by atoms with E-state index in [4.69, 9.17) is 10.8 Å². The van der Waals surface area contributed by atoms with Gasteiger partial charge in [-0.15, -0.1) is 0 Å². The van der Waals surface area contributed by atoms with Crippen molar-refractivity contribution in [2.24, 2.45) is 11.7 Å². The average molecular weight is 193 g/mol. The van der Waals surface area contributed by atoms with E-state index in [0.29, 0.717) is 0 Å². The molecule has 0 amide bonds. The van der Waals surface area contributed by atoms with Gasteiger partial charge in [0.05, 0.1) is 0 Å². The molecular weight excluding hydrogens is 180 g/mol. The molecule has 1 fully saturated rings. The summed E-state index contributed by atoms with van der Waals surface area (Å²) in [5.41, 5.74) is 5.55. The van der Waals surface area contributed by atoms with Crippen LogP contribution in [0.25, 0.3) is 0 Å². The summed E-state index contributed by atoms with van der Waals surface area (Å²) >= 11 is 0. The number of hydrogen-bond acceptors (Lipinski definition) is 2. The van der Waals surface area contributed by atoms with E-state index < -0.39 is 17.9 Å². The van der Waals surface area contributed by atoms with E-state index in [1.54, 1.807) is 0 Å². The molecule has 1 rings (SSSR count). The molecular formula is C8H13F2NO2. The predicted octanol–water partition coefficient (Wildman–Crippen LogP) is 1.22. The topological polar surface area (TPSA) is 63.3 Å². The van der Waals surface area contributed by atoms with Crippen LogP contribution < -0.4 is 5.73 Å². The molecule has 13 heavy (non-hydrogen) atoms. The monoisotopic (exact) mass is 193 g/mol. The average Bonchev–Trinajstić information content (AvgIpc) is 1.95. The van der Waals surface area contributed by atoms with E-state index >= 15 is 0 Å². The third-order valence-corrected chi connectivity index (χ3v) is 2.42. The molecule has 0 aliphatic heterocycles. The first-order valence-corrected chi connectivity index (χ1v) is 4.26. The lowest BCUT2D eigenvalue weighted by atomic mass is 9.75. The molecule has 1 atom stereocenters. The fourth-order valence-electron chi connectivity index (χ4n) is 1.54. The summed E-state index contributed by atoms with van der Waals surface area (Å²) in [6.45, 7) is 0. The molecule has 1 aliphatic carbocycles. The molecule has 0 aromatic rings. The molecule has 0 saturated heterocycles. The number of carbonyl (C=O) groups is 1. The zero-order valence-electron chi connectivity index (χ0n) is 7.17. The van der Waals surface area contributed by atoms with Crippen LogP contribution in [0.3, 0.4) is 0 Å². The Balaban J connectivity index is 2.19. The van der Waals surface area contributed by atoms with Crippen LogP contribution in [0, 0.1) is 5.92 Å². The van der Waals surface area contributed by atoms with Crippen molar-refractivity contribution < 1.29 is 18.7 Å². The van der Waals surface area contributed by atoms with Gasteiger partial charge < -0.3 is 10.8 Å². The van der Waals surface area contributed by atoms with Gasteiger partial charge in [0.1, 0.15) is 0 Å². The Morgan fingerprint density at radius 1 is 1.62 bits per heavy atom. The smallest absolute Gasteiger partial charge is 0.303 e. The molecule has 3 N–H and O–H groups in total. The largest absolute Gasteiger partial charge is 0.481 e. The van der Waals surface area contributed by atoms with Crippen molar-refractivity contribution in [2.45, 2.75) is 37.6 Å². The predicted molar refractivity (Wildman–Crippen MR) is 42.5 cm³/mol. The molecule has 1 saturated carbocycles. The van der Waals surface area contributed by atoms with E-state index in [1.165, 1.54) is 0 Å². The number of alkyl halides is 2. The van der Waals surface area contributed by atoms with Gasteiger partial charge in [0.15, 0.2) is 0 Å². The molecule has 0 aromatic carbocycles. The maximum atomic E-state index is 12.4. The number of halogens is 2. The van der Waals surface area contributed by atoms with Crippen molar-refractivity contribution >= 4 is 5.97 Å². The zero-order chi connectivity index (χ0) is 10.1. The Labute approximate surface area is 74.9 Å². The zero-order valence-corrected chi connectivity index (χ0v) is 7.17. The number of carboxylic acid groups (broad SMARTS) is 1. The first kappa shape index (κ1) is 10.4. The minimum absolute atomic E-state index is 0.0385. The molecule has 5 heteroatoms. The Bertz CT molecular complexity index is 200. The Morgan fingerprint density at radius 3 is 2.54 bits per heavy atom. The lowest BCUT2D eigenvalue weighted by molar-refractivity contribution is -0.138. The van der Waals surface area contributed by atoms with Gasteiger partial charge >= 0.3 is 5.97 Å². The molecule has 0 spiro atoms. The van der Waals surface area contributed by atoms with Crippen LogP contribution in [0.1, 0.15) is 25.7 Å². The summed E-state index contributed by atoms with van der Waals surface area (Å²) in [6.07, 6.45) is -0.124. The van der Waals surface area contributed by atoms with Gasteiger partial charge in [-0.3, -0.25) is 4.79 Å². The summed E-state index contributed by atoms with van der Waals surface area (Å²) in [6, 6.07) is -0.393. The van der Waals surface area contributed by atoms with Crippen LogP contribution in [-0.2, 0) is 4.79 Å². The Morgan fingerprint density at radius 2 is 2.15 bits per heavy atom. The number of carboxylic acids is 1. The number of nitrogens with two attached hydrogens (primary N) is 1. The van der Waals surface area contributed by atoms with Crippen molar-refractivity contribution in [3.05, 3.63) is 0 Å². The van der Waals surface area contributed by atoms with Gasteiger partial charge in [-0.1, -0.05) is 0 Å². The van der Waals surface area contributed by atoms with E-state index in [1.807, 2.05) is 0 Å². The van der Waals surface area contributed by atoms with E-state index in [9.17, 15) is 13.6 Å². The highest BCUT2D eigenvalue weighted by Crippen LogP contribution is 2.44. The fraction of sp³-hybridized carbons (Fsp3) is 0.875. The van der Waals surface area contributed by atoms with Crippen molar-refractivity contribution in [1.82, 2.24) is 0 Å². The molecule has 0 radical (unpaired) electrons. The number of aliphatic carboxylic acids is 1. The Hall–Kier alpha value is -0.710. The lowest BCUT2D eigenvalue weighted by Crippen LogP contribution is -2.45.